The topological polar surface area (TPSA) is 26.3 Å². The van der Waals surface area contributed by atoms with E-state index in [9.17, 15) is 4.79 Å². The van der Waals surface area contributed by atoms with Crippen molar-refractivity contribution in [1.82, 2.24) is 0 Å². The average molecular weight is 258 g/mol. The zero-order valence-corrected chi connectivity index (χ0v) is 11.7. The summed E-state index contributed by atoms with van der Waals surface area (Å²) in [5, 5.41) is 0. The highest BCUT2D eigenvalue weighted by molar-refractivity contribution is 7.99. The standard InChI is InChI=1S/C14H26O2S/c15-14-10-13-17-12-9-7-5-3-1-2-4-6-8-11-16-14/h1-13H2. The quantitative estimate of drug-likeness (QED) is 0.610. The van der Waals surface area contributed by atoms with Crippen molar-refractivity contribution < 1.29 is 9.53 Å². The van der Waals surface area contributed by atoms with Crippen molar-refractivity contribution in [2.75, 3.05) is 18.1 Å². The largest absolute Gasteiger partial charge is 0.466 e. The first kappa shape index (κ1) is 14.9. The van der Waals surface area contributed by atoms with Gasteiger partial charge in [-0.25, -0.2) is 0 Å². The first-order valence-corrected chi connectivity index (χ1v) is 8.28. The molecule has 100 valence electrons. The van der Waals surface area contributed by atoms with Gasteiger partial charge in [0.1, 0.15) is 0 Å². The zero-order chi connectivity index (χ0) is 12.2. The lowest BCUT2D eigenvalue weighted by Gasteiger charge is -2.06. The van der Waals surface area contributed by atoms with E-state index in [1.54, 1.807) is 0 Å². The Morgan fingerprint density at radius 1 is 0.765 bits per heavy atom. The maximum atomic E-state index is 11.3. The van der Waals surface area contributed by atoms with Crippen molar-refractivity contribution in [2.24, 2.45) is 0 Å². The molecule has 0 N–H and O–H groups in total. The Hall–Kier alpha value is -0.180. The smallest absolute Gasteiger partial charge is 0.306 e. The molecule has 0 aromatic rings. The molecular formula is C14H26O2S. The highest BCUT2D eigenvalue weighted by atomic mass is 32.2. The molecule has 0 aliphatic carbocycles. The fraction of sp³-hybridized carbons (Fsp3) is 0.929. The number of carbonyl (C=O) groups excluding carboxylic acids is 1. The maximum Gasteiger partial charge on any atom is 0.306 e. The number of rotatable bonds is 0. The van der Waals surface area contributed by atoms with Gasteiger partial charge in [0.25, 0.3) is 0 Å². The van der Waals surface area contributed by atoms with Crippen LogP contribution in [0.5, 0.6) is 0 Å². The van der Waals surface area contributed by atoms with Crippen molar-refractivity contribution in [2.45, 2.75) is 64.2 Å². The summed E-state index contributed by atoms with van der Waals surface area (Å²) in [4.78, 5) is 11.3. The molecule has 1 aliphatic rings. The highest BCUT2D eigenvalue weighted by Crippen LogP contribution is 2.13. The van der Waals surface area contributed by atoms with Gasteiger partial charge in [-0.15, -0.1) is 0 Å². The minimum absolute atomic E-state index is 0.00964. The summed E-state index contributed by atoms with van der Waals surface area (Å²) in [6.45, 7) is 0.628. The first-order valence-electron chi connectivity index (χ1n) is 7.13. The lowest BCUT2D eigenvalue weighted by Crippen LogP contribution is -2.07. The predicted molar refractivity (Wildman–Crippen MR) is 74.5 cm³/mol. The third kappa shape index (κ3) is 9.51. The van der Waals surface area contributed by atoms with E-state index in [1.807, 2.05) is 11.8 Å². The second-order valence-corrected chi connectivity index (χ2v) is 5.99. The number of thioether (sulfide) groups is 1. The highest BCUT2D eigenvalue weighted by Gasteiger charge is 2.03. The van der Waals surface area contributed by atoms with E-state index in [2.05, 4.69) is 0 Å². The summed E-state index contributed by atoms with van der Waals surface area (Å²) < 4.78 is 5.19. The Morgan fingerprint density at radius 2 is 1.35 bits per heavy atom. The van der Waals surface area contributed by atoms with E-state index in [1.165, 1.54) is 57.1 Å². The minimum atomic E-state index is -0.00964. The van der Waals surface area contributed by atoms with E-state index in [0.717, 1.165) is 12.2 Å². The number of cyclic esters (lactones) is 1. The van der Waals surface area contributed by atoms with Gasteiger partial charge in [-0.2, -0.15) is 11.8 Å². The molecule has 1 heterocycles. The van der Waals surface area contributed by atoms with Crippen molar-refractivity contribution in [3.05, 3.63) is 0 Å². The lowest BCUT2D eigenvalue weighted by atomic mass is 10.1. The van der Waals surface area contributed by atoms with Crippen LogP contribution in [-0.4, -0.2) is 24.1 Å². The molecule has 0 unspecified atom stereocenters. The second-order valence-electron chi connectivity index (χ2n) is 4.76. The van der Waals surface area contributed by atoms with Gasteiger partial charge in [0.2, 0.25) is 0 Å². The molecule has 0 spiro atoms. The summed E-state index contributed by atoms with van der Waals surface area (Å²) in [5.74, 6) is 2.12. The van der Waals surface area contributed by atoms with Crippen LogP contribution >= 0.6 is 11.8 Å². The van der Waals surface area contributed by atoms with Gasteiger partial charge in [0, 0.05) is 5.75 Å². The molecule has 0 aromatic carbocycles. The second kappa shape index (κ2) is 10.9. The van der Waals surface area contributed by atoms with Gasteiger partial charge in [-0.3, -0.25) is 4.79 Å². The van der Waals surface area contributed by atoms with Gasteiger partial charge in [0.05, 0.1) is 13.0 Å². The molecule has 0 bridgehead atoms. The van der Waals surface area contributed by atoms with Crippen LogP contribution in [-0.2, 0) is 9.53 Å². The summed E-state index contributed by atoms with van der Waals surface area (Å²) in [5.41, 5.74) is 0. The van der Waals surface area contributed by atoms with Gasteiger partial charge in [0.15, 0.2) is 0 Å². The third-order valence-corrected chi connectivity index (χ3v) is 4.22. The molecule has 2 nitrogen and oxygen atoms in total. The van der Waals surface area contributed by atoms with Gasteiger partial charge in [-0.05, 0) is 18.6 Å². The first-order chi connectivity index (χ1) is 8.39. The van der Waals surface area contributed by atoms with Crippen molar-refractivity contribution in [1.29, 1.82) is 0 Å². The monoisotopic (exact) mass is 258 g/mol. The van der Waals surface area contributed by atoms with E-state index >= 15 is 0 Å². The molecule has 1 rings (SSSR count). The Labute approximate surface area is 110 Å². The van der Waals surface area contributed by atoms with E-state index in [4.69, 9.17) is 4.74 Å². The summed E-state index contributed by atoms with van der Waals surface area (Å²) in [6.07, 6.45) is 12.3. The minimum Gasteiger partial charge on any atom is -0.466 e. The molecule has 0 atom stereocenters. The maximum absolute atomic E-state index is 11.3. The number of hydrogen-bond donors (Lipinski definition) is 0. The van der Waals surface area contributed by atoms with E-state index < -0.39 is 0 Å². The van der Waals surface area contributed by atoms with Gasteiger partial charge >= 0.3 is 5.97 Å². The summed E-state index contributed by atoms with van der Waals surface area (Å²) >= 11 is 1.89. The molecule has 0 amide bonds. The summed E-state index contributed by atoms with van der Waals surface area (Å²) in [7, 11) is 0. The van der Waals surface area contributed by atoms with Crippen LogP contribution < -0.4 is 0 Å². The molecule has 17 heavy (non-hydrogen) atoms. The zero-order valence-electron chi connectivity index (χ0n) is 10.9. The van der Waals surface area contributed by atoms with Gasteiger partial charge < -0.3 is 4.74 Å². The normalized spacial score (nSPS) is 22.9. The molecule has 1 saturated heterocycles. The van der Waals surface area contributed by atoms with Crippen LogP contribution in [0.2, 0.25) is 0 Å². The molecule has 1 fully saturated rings. The van der Waals surface area contributed by atoms with Crippen LogP contribution in [0.15, 0.2) is 0 Å². The third-order valence-electron chi connectivity index (χ3n) is 3.15. The van der Waals surface area contributed by atoms with Crippen LogP contribution in [0.4, 0.5) is 0 Å². The van der Waals surface area contributed by atoms with Gasteiger partial charge in [-0.1, -0.05) is 44.9 Å². The molecule has 0 saturated carbocycles. The molecule has 1 aliphatic heterocycles. The number of carbonyl (C=O) groups is 1. The molecule has 0 radical (unpaired) electrons. The average Bonchev–Trinajstić information content (AvgIpc) is 2.32. The SMILES string of the molecule is O=C1CCSCCCCCCCCCCCO1. The fourth-order valence-corrected chi connectivity index (χ4v) is 2.98. The predicted octanol–water partition coefficient (Wildman–Crippen LogP) is 4.18. The number of ether oxygens (including phenoxy) is 1. The Bertz CT molecular complexity index is 177. The Balaban J connectivity index is 2.11. The van der Waals surface area contributed by atoms with Crippen LogP contribution in [0, 0.1) is 0 Å². The van der Waals surface area contributed by atoms with Crippen molar-refractivity contribution in [3.63, 3.8) is 0 Å². The van der Waals surface area contributed by atoms with Crippen LogP contribution in [0.1, 0.15) is 64.2 Å². The van der Waals surface area contributed by atoms with Crippen molar-refractivity contribution >= 4 is 17.7 Å². The number of esters is 1. The van der Waals surface area contributed by atoms with Crippen LogP contribution in [0.3, 0.4) is 0 Å². The van der Waals surface area contributed by atoms with Crippen LogP contribution in [0.25, 0.3) is 0 Å². The molecule has 3 heteroatoms. The molecular weight excluding hydrogens is 232 g/mol. The Morgan fingerprint density at radius 3 is 2.06 bits per heavy atom. The van der Waals surface area contributed by atoms with E-state index in [-0.39, 0.29) is 5.97 Å². The lowest BCUT2D eigenvalue weighted by molar-refractivity contribution is -0.143. The Kier molecular flexibility index (Phi) is 9.58. The van der Waals surface area contributed by atoms with Crippen molar-refractivity contribution in [3.8, 4) is 0 Å². The van der Waals surface area contributed by atoms with E-state index in [0.29, 0.717) is 13.0 Å². The number of hydrogen-bond acceptors (Lipinski definition) is 3. The molecule has 0 aromatic heterocycles. The fourth-order valence-electron chi connectivity index (χ4n) is 2.06. The summed E-state index contributed by atoms with van der Waals surface area (Å²) in [6, 6.07) is 0.